The third kappa shape index (κ3) is 6.41. The fraction of sp³-hybridized carbons (Fsp3) is 0.148. The van der Waals surface area contributed by atoms with E-state index in [1.54, 1.807) is 39.5 Å². The maximum Gasteiger partial charge on any atom is 0.311 e. The van der Waals surface area contributed by atoms with Gasteiger partial charge >= 0.3 is 5.69 Å². The number of carbonyl (C=O) groups is 1. The van der Waals surface area contributed by atoms with Gasteiger partial charge in [-0.05, 0) is 53.1 Å². The van der Waals surface area contributed by atoms with Gasteiger partial charge < -0.3 is 24.3 Å². The van der Waals surface area contributed by atoms with E-state index in [-0.39, 0.29) is 17.3 Å². The predicted octanol–water partition coefficient (Wildman–Crippen LogP) is 5.45. The molecule has 0 saturated heterocycles. The molecule has 36 heavy (non-hydrogen) atoms. The van der Waals surface area contributed by atoms with Crippen molar-refractivity contribution in [3.05, 3.63) is 87.5 Å². The molecule has 186 valence electrons. The third-order valence-corrected chi connectivity index (χ3v) is 5.16. The molecule has 0 aliphatic rings. The Labute approximate surface area is 208 Å². The summed E-state index contributed by atoms with van der Waals surface area (Å²) in [6.07, 6.45) is 6.64. The Morgan fingerprint density at radius 1 is 0.750 bits per heavy atom. The van der Waals surface area contributed by atoms with E-state index >= 15 is 0 Å². The summed E-state index contributed by atoms with van der Waals surface area (Å²) < 4.78 is 21.1. The number of hydrogen-bond acceptors (Lipinski definition) is 7. The van der Waals surface area contributed by atoms with E-state index in [1.165, 1.54) is 31.4 Å². The van der Waals surface area contributed by atoms with Crippen molar-refractivity contribution in [1.29, 1.82) is 0 Å². The molecule has 0 bridgehead atoms. The fourth-order valence-electron chi connectivity index (χ4n) is 3.38. The number of benzene rings is 3. The molecule has 0 spiro atoms. The second kappa shape index (κ2) is 12.1. The maximum atomic E-state index is 12.3. The Balaban J connectivity index is 1.66. The molecule has 0 unspecified atom stereocenters. The number of nitro benzene ring substituents is 1. The SMILES string of the molecule is COc1ccc(/C=C/C(=O)Nc2ccc(/C=C/c3cc(OC)c(OC)c(OC)c3)cc2)cc1[N+](=O)[O-]. The molecular formula is C27H26N2O7. The number of amides is 1. The van der Waals surface area contributed by atoms with Gasteiger partial charge in [0.25, 0.3) is 0 Å². The zero-order valence-corrected chi connectivity index (χ0v) is 20.3. The molecular weight excluding hydrogens is 464 g/mol. The van der Waals surface area contributed by atoms with Crippen LogP contribution in [0.3, 0.4) is 0 Å². The highest BCUT2D eigenvalue weighted by Crippen LogP contribution is 2.38. The molecule has 3 aromatic carbocycles. The van der Waals surface area contributed by atoms with Crippen LogP contribution in [0.25, 0.3) is 18.2 Å². The summed E-state index contributed by atoms with van der Waals surface area (Å²) in [5.41, 5.74) is 2.73. The molecule has 0 radical (unpaired) electrons. The van der Waals surface area contributed by atoms with Crippen LogP contribution in [-0.4, -0.2) is 39.3 Å². The fourth-order valence-corrected chi connectivity index (χ4v) is 3.38. The van der Waals surface area contributed by atoms with Crippen LogP contribution < -0.4 is 24.3 Å². The number of nitrogens with one attached hydrogen (secondary N) is 1. The molecule has 3 aromatic rings. The number of carbonyl (C=O) groups excluding carboxylic acids is 1. The molecule has 0 aliphatic heterocycles. The average molecular weight is 491 g/mol. The number of rotatable bonds is 10. The second-order valence-corrected chi connectivity index (χ2v) is 7.42. The highest BCUT2D eigenvalue weighted by Gasteiger charge is 2.14. The van der Waals surface area contributed by atoms with Gasteiger partial charge in [0.2, 0.25) is 11.7 Å². The molecule has 0 aliphatic carbocycles. The van der Waals surface area contributed by atoms with Crippen LogP contribution in [0.2, 0.25) is 0 Å². The summed E-state index contributed by atoms with van der Waals surface area (Å²) in [4.78, 5) is 22.9. The third-order valence-electron chi connectivity index (χ3n) is 5.16. The summed E-state index contributed by atoms with van der Waals surface area (Å²) in [6.45, 7) is 0. The van der Waals surface area contributed by atoms with Crippen molar-refractivity contribution in [2.24, 2.45) is 0 Å². The Bertz CT molecular complexity index is 1270. The Morgan fingerprint density at radius 3 is 1.89 bits per heavy atom. The van der Waals surface area contributed by atoms with Gasteiger partial charge in [-0.2, -0.15) is 0 Å². The predicted molar refractivity (Wildman–Crippen MR) is 139 cm³/mol. The van der Waals surface area contributed by atoms with E-state index in [9.17, 15) is 14.9 Å². The lowest BCUT2D eigenvalue weighted by molar-refractivity contribution is -0.385. The molecule has 1 amide bonds. The van der Waals surface area contributed by atoms with E-state index in [4.69, 9.17) is 18.9 Å². The van der Waals surface area contributed by atoms with Crippen molar-refractivity contribution in [2.45, 2.75) is 0 Å². The Kier molecular flexibility index (Phi) is 8.66. The quantitative estimate of drug-likeness (QED) is 0.174. The summed E-state index contributed by atoms with van der Waals surface area (Å²) >= 11 is 0. The van der Waals surface area contributed by atoms with Crippen molar-refractivity contribution in [1.82, 2.24) is 0 Å². The number of anilines is 1. The standard InChI is InChI=1S/C27H26N2O7/c1-33-23-13-9-19(15-22(23)29(31)32)10-14-26(30)28-21-11-7-18(8-12-21)5-6-20-16-24(34-2)27(36-4)25(17-20)35-3/h5-17H,1-4H3,(H,28,30)/b6-5+,14-10+. The van der Waals surface area contributed by atoms with Crippen molar-refractivity contribution in [3.8, 4) is 23.0 Å². The van der Waals surface area contributed by atoms with Gasteiger partial charge in [-0.15, -0.1) is 0 Å². The molecule has 0 fully saturated rings. The Hall–Kier alpha value is -4.79. The summed E-state index contributed by atoms with van der Waals surface area (Å²) in [7, 11) is 6.04. The molecule has 0 saturated carbocycles. The summed E-state index contributed by atoms with van der Waals surface area (Å²) in [5.74, 6) is 1.44. The minimum absolute atomic E-state index is 0.154. The van der Waals surface area contributed by atoms with Crippen LogP contribution in [0, 0.1) is 10.1 Å². The van der Waals surface area contributed by atoms with Crippen molar-refractivity contribution in [2.75, 3.05) is 33.8 Å². The number of methoxy groups -OCH3 is 4. The van der Waals surface area contributed by atoms with Crippen LogP contribution in [0.5, 0.6) is 23.0 Å². The first-order valence-electron chi connectivity index (χ1n) is 10.8. The van der Waals surface area contributed by atoms with E-state index in [0.29, 0.717) is 28.5 Å². The number of hydrogen-bond donors (Lipinski definition) is 1. The van der Waals surface area contributed by atoms with Gasteiger partial charge in [-0.1, -0.05) is 30.4 Å². The van der Waals surface area contributed by atoms with Crippen LogP contribution in [-0.2, 0) is 4.79 Å². The largest absolute Gasteiger partial charge is 0.493 e. The van der Waals surface area contributed by atoms with Crippen molar-refractivity contribution in [3.63, 3.8) is 0 Å². The number of nitrogens with zero attached hydrogens (tertiary/aromatic N) is 1. The normalized spacial score (nSPS) is 10.9. The van der Waals surface area contributed by atoms with Gasteiger partial charge in [-0.25, -0.2) is 0 Å². The second-order valence-electron chi connectivity index (χ2n) is 7.42. The van der Waals surface area contributed by atoms with E-state index < -0.39 is 4.92 Å². The van der Waals surface area contributed by atoms with Crippen molar-refractivity contribution < 1.29 is 28.7 Å². The highest BCUT2D eigenvalue weighted by molar-refractivity contribution is 6.02. The minimum Gasteiger partial charge on any atom is -0.493 e. The first kappa shape index (κ1) is 25.8. The van der Waals surface area contributed by atoms with Gasteiger partial charge in [-0.3, -0.25) is 14.9 Å². The number of nitro groups is 1. The molecule has 9 nitrogen and oxygen atoms in total. The molecule has 3 rings (SSSR count). The van der Waals surface area contributed by atoms with Gasteiger partial charge in [0.15, 0.2) is 17.2 Å². The van der Waals surface area contributed by atoms with Crippen molar-refractivity contribution >= 4 is 35.5 Å². The summed E-state index contributed by atoms with van der Waals surface area (Å²) in [6, 6.07) is 15.4. The lowest BCUT2D eigenvalue weighted by Crippen LogP contribution is -2.07. The lowest BCUT2D eigenvalue weighted by Gasteiger charge is -2.12. The molecule has 9 heteroatoms. The van der Waals surface area contributed by atoms with Crippen LogP contribution in [0.1, 0.15) is 16.7 Å². The average Bonchev–Trinajstić information content (AvgIpc) is 2.90. The zero-order valence-electron chi connectivity index (χ0n) is 20.3. The minimum atomic E-state index is -0.534. The van der Waals surface area contributed by atoms with E-state index in [2.05, 4.69) is 5.32 Å². The molecule has 0 heterocycles. The van der Waals surface area contributed by atoms with E-state index in [1.807, 2.05) is 36.4 Å². The topological polar surface area (TPSA) is 109 Å². The van der Waals surface area contributed by atoms with Crippen LogP contribution in [0.4, 0.5) is 11.4 Å². The monoisotopic (exact) mass is 490 g/mol. The lowest BCUT2D eigenvalue weighted by atomic mass is 10.1. The smallest absolute Gasteiger partial charge is 0.311 e. The number of ether oxygens (including phenoxy) is 4. The summed E-state index contributed by atoms with van der Waals surface area (Å²) in [5, 5.41) is 13.9. The zero-order chi connectivity index (χ0) is 26.1. The van der Waals surface area contributed by atoms with Gasteiger partial charge in [0, 0.05) is 17.8 Å². The molecule has 1 N–H and O–H groups in total. The first-order valence-corrected chi connectivity index (χ1v) is 10.8. The molecule has 0 atom stereocenters. The van der Waals surface area contributed by atoms with Crippen LogP contribution >= 0.6 is 0 Å². The molecule has 0 aromatic heterocycles. The highest BCUT2D eigenvalue weighted by atomic mass is 16.6. The first-order chi connectivity index (χ1) is 17.4. The van der Waals surface area contributed by atoms with Gasteiger partial charge in [0.1, 0.15) is 0 Å². The Morgan fingerprint density at radius 2 is 1.33 bits per heavy atom. The maximum absolute atomic E-state index is 12.3. The van der Waals surface area contributed by atoms with Gasteiger partial charge in [0.05, 0.1) is 33.4 Å². The van der Waals surface area contributed by atoms with E-state index in [0.717, 1.165) is 11.1 Å². The van der Waals surface area contributed by atoms with Crippen LogP contribution in [0.15, 0.2) is 60.7 Å².